The number of Topliss-reactive ketones (excluding diaryl/α,β-unsaturated/α-hetero) is 1. The lowest BCUT2D eigenvalue weighted by Gasteiger charge is -2.57. The SMILES string of the molecule is CC1(C)COC2(CCC3C4CCC5=CC6(CCC5C4C(=O)CC32C)SCCS6)OC1. The molecule has 166 valence electrons. The Morgan fingerprint density at radius 1 is 1.00 bits per heavy atom. The summed E-state index contributed by atoms with van der Waals surface area (Å²) in [5.41, 5.74) is 1.54. The molecule has 0 amide bonds. The zero-order valence-electron chi connectivity index (χ0n) is 18.7. The molecule has 5 unspecified atom stereocenters. The van der Waals surface area contributed by atoms with Gasteiger partial charge in [-0.1, -0.05) is 32.4 Å². The first-order chi connectivity index (χ1) is 14.3. The van der Waals surface area contributed by atoms with E-state index in [1.165, 1.54) is 37.2 Å². The van der Waals surface area contributed by atoms with Crippen LogP contribution in [0.5, 0.6) is 0 Å². The molecule has 2 saturated heterocycles. The van der Waals surface area contributed by atoms with E-state index in [1.54, 1.807) is 5.57 Å². The fourth-order valence-corrected chi connectivity index (χ4v) is 11.1. The maximum absolute atomic E-state index is 13.7. The molecule has 0 aromatic rings. The molecular weight excluding hydrogens is 412 g/mol. The van der Waals surface area contributed by atoms with Crippen molar-refractivity contribution in [2.45, 2.75) is 75.6 Å². The van der Waals surface area contributed by atoms with Crippen LogP contribution in [-0.4, -0.2) is 40.4 Å². The summed E-state index contributed by atoms with van der Waals surface area (Å²) in [7, 11) is 0. The molecule has 6 rings (SSSR count). The predicted octanol–water partition coefficient (Wildman–Crippen LogP) is 5.68. The van der Waals surface area contributed by atoms with E-state index in [9.17, 15) is 4.79 Å². The number of ether oxygens (including phenoxy) is 2. The zero-order chi connectivity index (χ0) is 20.8. The lowest BCUT2D eigenvalue weighted by Crippen LogP contribution is -2.60. The van der Waals surface area contributed by atoms with Crippen LogP contribution in [0.15, 0.2) is 11.6 Å². The van der Waals surface area contributed by atoms with Gasteiger partial charge in [-0.2, -0.15) is 0 Å². The number of hydrogen-bond acceptors (Lipinski definition) is 5. The molecule has 5 heteroatoms. The Kier molecular flexibility index (Phi) is 4.66. The topological polar surface area (TPSA) is 35.5 Å². The number of hydrogen-bond donors (Lipinski definition) is 0. The molecule has 2 aliphatic heterocycles. The Labute approximate surface area is 189 Å². The third-order valence-electron chi connectivity index (χ3n) is 9.42. The van der Waals surface area contributed by atoms with Gasteiger partial charge in [-0.15, -0.1) is 23.5 Å². The van der Waals surface area contributed by atoms with Crippen LogP contribution in [0.4, 0.5) is 0 Å². The average molecular weight is 449 g/mol. The molecule has 3 nitrogen and oxygen atoms in total. The van der Waals surface area contributed by atoms with Gasteiger partial charge < -0.3 is 9.47 Å². The summed E-state index contributed by atoms with van der Waals surface area (Å²) in [6.07, 6.45) is 10.2. The van der Waals surface area contributed by atoms with Crippen molar-refractivity contribution < 1.29 is 14.3 Å². The van der Waals surface area contributed by atoms with E-state index in [0.29, 0.717) is 34.0 Å². The molecule has 2 heterocycles. The number of ketones is 1. The van der Waals surface area contributed by atoms with E-state index in [-0.39, 0.29) is 16.7 Å². The van der Waals surface area contributed by atoms with Gasteiger partial charge in [0, 0.05) is 41.1 Å². The van der Waals surface area contributed by atoms with Crippen molar-refractivity contribution in [3.05, 3.63) is 11.6 Å². The summed E-state index contributed by atoms with van der Waals surface area (Å²) < 4.78 is 13.4. The molecule has 0 N–H and O–H groups in total. The first kappa shape index (κ1) is 20.6. The van der Waals surface area contributed by atoms with Crippen molar-refractivity contribution >= 4 is 29.3 Å². The average Bonchev–Trinajstić information content (AvgIpc) is 3.26. The standard InChI is InChI=1S/C25H36O3S2/c1-22(2)14-27-25(28-15-22)9-7-19-18-5-4-16-12-24(29-10-11-30-24)8-6-17(16)21(18)20(26)13-23(19,25)3/h12,17-19,21H,4-11,13-15H2,1-3H3. The molecule has 0 bridgehead atoms. The van der Waals surface area contributed by atoms with Gasteiger partial charge in [-0.05, 0) is 49.9 Å². The van der Waals surface area contributed by atoms with Crippen LogP contribution >= 0.6 is 23.5 Å². The molecule has 2 spiro atoms. The second-order valence-corrected chi connectivity index (χ2v) is 14.9. The monoisotopic (exact) mass is 448 g/mol. The zero-order valence-corrected chi connectivity index (χ0v) is 20.3. The van der Waals surface area contributed by atoms with Crippen LogP contribution in [-0.2, 0) is 14.3 Å². The lowest BCUT2D eigenvalue weighted by atomic mass is 9.51. The summed E-state index contributed by atoms with van der Waals surface area (Å²) in [6.45, 7) is 8.23. The van der Waals surface area contributed by atoms with Crippen LogP contribution in [0.1, 0.15) is 65.7 Å². The van der Waals surface area contributed by atoms with Crippen molar-refractivity contribution in [2.24, 2.45) is 34.5 Å². The smallest absolute Gasteiger partial charge is 0.174 e. The van der Waals surface area contributed by atoms with Gasteiger partial charge in [-0.3, -0.25) is 4.79 Å². The maximum atomic E-state index is 13.7. The normalized spacial score (nSPS) is 45.7. The Morgan fingerprint density at radius 3 is 2.47 bits per heavy atom. The molecule has 0 radical (unpaired) electrons. The summed E-state index contributed by atoms with van der Waals surface area (Å²) >= 11 is 4.30. The molecule has 0 aromatic carbocycles. The maximum Gasteiger partial charge on any atom is 0.174 e. The Bertz CT molecular complexity index is 773. The van der Waals surface area contributed by atoms with Crippen molar-refractivity contribution in [2.75, 3.05) is 24.7 Å². The fourth-order valence-electron chi connectivity index (χ4n) is 7.94. The van der Waals surface area contributed by atoms with E-state index < -0.39 is 5.79 Å². The third-order valence-corrected chi connectivity index (χ3v) is 12.8. The highest BCUT2D eigenvalue weighted by Gasteiger charge is 2.68. The highest BCUT2D eigenvalue weighted by Crippen LogP contribution is 2.67. The van der Waals surface area contributed by atoms with Gasteiger partial charge in [-0.25, -0.2) is 0 Å². The summed E-state index contributed by atoms with van der Waals surface area (Å²) in [6, 6.07) is 0. The Morgan fingerprint density at radius 2 is 1.73 bits per heavy atom. The third kappa shape index (κ3) is 2.83. The molecule has 5 fully saturated rings. The molecule has 3 saturated carbocycles. The predicted molar refractivity (Wildman–Crippen MR) is 124 cm³/mol. The molecule has 30 heavy (non-hydrogen) atoms. The fraction of sp³-hybridized carbons (Fsp3) is 0.880. The van der Waals surface area contributed by atoms with Crippen LogP contribution < -0.4 is 0 Å². The van der Waals surface area contributed by atoms with Crippen LogP contribution in [0.25, 0.3) is 0 Å². The first-order valence-electron chi connectivity index (χ1n) is 12.1. The highest BCUT2D eigenvalue weighted by molar-refractivity contribution is 8.21. The first-order valence-corrected chi connectivity index (χ1v) is 14.0. The Balaban J connectivity index is 1.29. The van der Waals surface area contributed by atoms with Crippen LogP contribution in [0, 0.1) is 34.5 Å². The van der Waals surface area contributed by atoms with Crippen LogP contribution in [0.3, 0.4) is 0 Å². The number of carbonyl (C=O) groups is 1. The quantitative estimate of drug-likeness (QED) is 0.445. The van der Waals surface area contributed by atoms with Gasteiger partial charge in [0.2, 0.25) is 0 Å². The number of thioether (sulfide) groups is 2. The molecule has 5 atom stereocenters. The van der Waals surface area contributed by atoms with Gasteiger partial charge in [0.15, 0.2) is 5.79 Å². The van der Waals surface area contributed by atoms with E-state index in [1.807, 2.05) is 0 Å². The second kappa shape index (κ2) is 6.77. The number of allylic oxidation sites excluding steroid dienone is 1. The minimum Gasteiger partial charge on any atom is -0.349 e. The summed E-state index contributed by atoms with van der Waals surface area (Å²) in [5.74, 6) is 4.40. The lowest BCUT2D eigenvalue weighted by molar-refractivity contribution is -0.343. The number of carbonyl (C=O) groups excluding carboxylic acids is 1. The van der Waals surface area contributed by atoms with Crippen molar-refractivity contribution in [1.82, 2.24) is 0 Å². The molecule has 4 aliphatic carbocycles. The van der Waals surface area contributed by atoms with Crippen LogP contribution in [0.2, 0.25) is 0 Å². The van der Waals surface area contributed by atoms with Gasteiger partial charge in [0.25, 0.3) is 0 Å². The number of rotatable bonds is 0. The van der Waals surface area contributed by atoms with E-state index in [4.69, 9.17) is 9.47 Å². The van der Waals surface area contributed by atoms with E-state index in [2.05, 4.69) is 50.4 Å². The second-order valence-electron chi connectivity index (χ2n) is 11.8. The van der Waals surface area contributed by atoms with Gasteiger partial charge >= 0.3 is 0 Å². The number of fused-ring (bicyclic) bond motifs is 6. The van der Waals surface area contributed by atoms with Gasteiger partial charge in [0.1, 0.15) is 5.78 Å². The van der Waals surface area contributed by atoms with Crippen molar-refractivity contribution in [3.8, 4) is 0 Å². The largest absolute Gasteiger partial charge is 0.349 e. The van der Waals surface area contributed by atoms with Gasteiger partial charge in [0.05, 0.1) is 17.3 Å². The van der Waals surface area contributed by atoms with Crippen molar-refractivity contribution in [3.63, 3.8) is 0 Å². The Hall–Kier alpha value is 0.0300. The minimum absolute atomic E-state index is 0.0692. The van der Waals surface area contributed by atoms with E-state index >= 15 is 0 Å². The summed E-state index contributed by atoms with van der Waals surface area (Å²) in [4.78, 5) is 13.7. The molecule has 0 aromatic heterocycles. The molecular formula is C25H36O3S2. The van der Waals surface area contributed by atoms with E-state index in [0.717, 1.165) is 26.1 Å². The minimum atomic E-state index is -0.530. The molecule has 6 aliphatic rings. The van der Waals surface area contributed by atoms with Crippen molar-refractivity contribution in [1.29, 1.82) is 0 Å². The highest BCUT2D eigenvalue weighted by atomic mass is 32.2. The summed E-state index contributed by atoms with van der Waals surface area (Å²) in [5, 5.41) is 0.